The summed E-state index contributed by atoms with van der Waals surface area (Å²) in [7, 11) is 0. The first-order chi connectivity index (χ1) is 28.1. The van der Waals surface area contributed by atoms with Crippen LogP contribution in [0.5, 0.6) is 0 Å². The molecule has 57 heavy (non-hydrogen) atoms. The predicted octanol–water partition coefficient (Wildman–Crippen LogP) is 14.5. The Morgan fingerprint density at radius 2 is 0.965 bits per heavy atom. The summed E-state index contributed by atoms with van der Waals surface area (Å²) in [6.07, 6.45) is 0. The fourth-order valence-corrected chi connectivity index (χ4v) is 9.99. The van der Waals surface area contributed by atoms with Gasteiger partial charge in [0.15, 0.2) is 5.82 Å². The number of benzene rings is 8. The number of rotatable bonds is 6. The third-order valence-corrected chi connectivity index (χ3v) is 13.0. The van der Waals surface area contributed by atoms with Crippen LogP contribution in [0.15, 0.2) is 200 Å². The standard InChI is InChI=1S/C54H36N2S/c1-54(41-18-6-3-7-19-41)46-23-10-8-21-43(46)52-44(22-13-24-47(52)54)49-34-48(55-53(56-49)37-14-4-2-5-15-37)40-17-12-16-38(32-40)35-26-28-36(29-27-35)39-30-31-51-45(33-39)42-20-9-11-25-50(42)57-51/h2-34H,1H3. The Labute approximate surface area is 336 Å². The van der Waals surface area contributed by atoms with Gasteiger partial charge in [-0.3, -0.25) is 0 Å². The van der Waals surface area contributed by atoms with E-state index in [1.807, 2.05) is 17.4 Å². The molecule has 3 heteroatoms. The molecule has 0 spiro atoms. The number of fused-ring (bicyclic) bond motifs is 6. The van der Waals surface area contributed by atoms with Gasteiger partial charge < -0.3 is 0 Å². The molecular formula is C54H36N2S. The Morgan fingerprint density at radius 1 is 0.386 bits per heavy atom. The lowest BCUT2D eigenvalue weighted by atomic mass is 9.74. The fourth-order valence-electron chi connectivity index (χ4n) is 8.91. The Balaban J connectivity index is 1.01. The highest BCUT2D eigenvalue weighted by Gasteiger charge is 2.41. The molecule has 0 N–H and O–H groups in total. The first kappa shape index (κ1) is 33.4. The third-order valence-electron chi connectivity index (χ3n) is 11.8. The van der Waals surface area contributed by atoms with E-state index in [0.29, 0.717) is 5.82 Å². The van der Waals surface area contributed by atoms with Crippen molar-refractivity contribution in [2.75, 3.05) is 0 Å². The first-order valence-electron chi connectivity index (χ1n) is 19.5. The number of hydrogen-bond donors (Lipinski definition) is 0. The summed E-state index contributed by atoms with van der Waals surface area (Å²) < 4.78 is 2.65. The topological polar surface area (TPSA) is 25.8 Å². The van der Waals surface area contributed by atoms with E-state index in [-0.39, 0.29) is 5.41 Å². The molecule has 268 valence electrons. The highest BCUT2D eigenvalue weighted by atomic mass is 32.1. The van der Waals surface area contributed by atoms with E-state index in [0.717, 1.165) is 39.2 Å². The third kappa shape index (κ3) is 5.54. The molecular weight excluding hydrogens is 709 g/mol. The maximum atomic E-state index is 5.31. The van der Waals surface area contributed by atoms with Gasteiger partial charge >= 0.3 is 0 Å². The average molecular weight is 745 g/mol. The van der Waals surface area contributed by atoms with E-state index in [4.69, 9.17) is 9.97 Å². The number of thiophene rings is 1. The van der Waals surface area contributed by atoms with Crippen molar-refractivity contribution in [1.82, 2.24) is 9.97 Å². The first-order valence-corrected chi connectivity index (χ1v) is 20.3. The molecule has 8 aromatic carbocycles. The average Bonchev–Trinajstić information content (AvgIpc) is 3.80. The van der Waals surface area contributed by atoms with Crippen molar-refractivity contribution >= 4 is 31.5 Å². The monoisotopic (exact) mass is 744 g/mol. The molecule has 0 fully saturated rings. The molecule has 0 radical (unpaired) electrons. The van der Waals surface area contributed by atoms with Crippen LogP contribution in [0.25, 0.3) is 87.5 Å². The van der Waals surface area contributed by atoms with Crippen molar-refractivity contribution in [3.63, 3.8) is 0 Å². The van der Waals surface area contributed by atoms with Crippen LogP contribution in [0.4, 0.5) is 0 Å². The summed E-state index contributed by atoms with van der Waals surface area (Å²) >= 11 is 1.86. The van der Waals surface area contributed by atoms with Crippen molar-refractivity contribution in [2.24, 2.45) is 0 Å². The second-order valence-electron chi connectivity index (χ2n) is 15.1. The molecule has 0 aliphatic heterocycles. The van der Waals surface area contributed by atoms with E-state index in [1.54, 1.807) is 0 Å². The minimum absolute atomic E-state index is 0.295. The second kappa shape index (κ2) is 13.4. The van der Waals surface area contributed by atoms with Crippen LogP contribution in [-0.4, -0.2) is 9.97 Å². The Hall–Kier alpha value is -6.94. The predicted molar refractivity (Wildman–Crippen MR) is 240 cm³/mol. The maximum Gasteiger partial charge on any atom is 0.160 e. The molecule has 1 atom stereocenters. The molecule has 0 saturated heterocycles. The summed E-state index contributed by atoms with van der Waals surface area (Å²) in [5.41, 5.74) is 15.8. The summed E-state index contributed by atoms with van der Waals surface area (Å²) in [5, 5.41) is 2.64. The van der Waals surface area contributed by atoms with E-state index >= 15 is 0 Å². The molecule has 0 bridgehead atoms. The molecule has 1 aliphatic carbocycles. The van der Waals surface area contributed by atoms with Gasteiger partial charge in [-0.2, -0.15) is 0 Å². The van der Waals surface area contributed by atoms with Crippen LogP contribution >= 0.6 is 11.3 Å². The quantitative estimate of drug-likeness (QED) is 0.169. The lowest BCUT2D eigenvalue weighted by Gasteiger charge is -2.28. The molecule has 0 saturated carbocycles. The molecule has 1 unspecified atom stereocenters. The van der Waals surface area contributed by atoms with Crippen molar-refractivity contribution < 1.29 is 0 Å². The molecule has 2 aromatic heterocycles. The Bertz CT molecular complexity index is 3130. The molecule has 2 nitrogen and oxygen atoms in total. The lowest BCUT2D eigenvalue weighted by molar-refractivity contribution is 0.714. The van der Waals surface area contributed by atoms with Gasteiger partial charge in [0.1, 0.15) is 0 Å². The SMILES string of the molecule is CC1(c2ccccc2)c2ccccc2-c2c(-c3cc(-c4cccc(-c5ccc(-c6ccc7sc8ccccc8c7c6)cc5)c4)nc(-c4ccccc4)n3)cccc21. The molecule has 11 rings (SSSR count). The van der Waals surface area contributed by atoms with E-state index in [9.17, 15) is 0 Å². The van der Waals surface area contributed by atoms with Crippen molar-refractivity contribution in [2.45, 2.75) is 12.3 Å². The highest BCUT2D eigenvalue weighted by Crippen LogP contribution is 2.55. The van der Waals surface area contributed by atoms with Crippen molar-refractivity contribution in [3.05, 3.63) is 217 Å². The summed E-state index contributed by atoms with van der Waals surface area (Å²) in [6.45, 7) is 2.36. The summed E-state index contributed by atoms with van der Waals surface area (Å²) in [6, 6.07) is 72.2. The van der Waals surface area contributed by atoms with Crippen molar-refractivity contribution in [1.29, 1.82) is 0 Å². The Kier molecular flexibility index (Phi) is 7.84. The number of hydrogen-bond acceptors (Lipinski definition) is 3. The lowest BCUT2D eigenvalue weighted by Crippen LogP contribution is -2.22. The summed E-state index contributed by atoms with van der Waals surface area (Å²) in [4.78, 5) is 10.5. The normalized spacial score (nSPS) is 14.5. The zero-order valence-electron chi connectivity index (χ0n) is 31.4. The van der Waals surface area contributed by atoms with Gasteiger partial charge in [-0.15, -0.1) is 11.3 Å². The largest absolute Gasteiger partial charge is 0.228 e. The van der Waals surface area contributed by atoms with Crippen LogP contribution in [0.1, 0.15) is 23.6 Å². The van der Waals surface area contributed by atoms with E-state index in [2.05, 4.69) is 201 Å². The molecule has 0 amide bonds. The molecule has 10 aromatic rings. The fraction of sp³-hybridized carbons (Fsp3) is 0.0370. The van der Waals surface area contributed by atoms with Crippen LogP contribution in [-0.2, 0) is 5.41 Å². The summed E-state index contributed by atoms with van der Waals surface area (Å²) in [5.74, 6) is 0.711. The van der Waals surface area contributed by atoms with Gasteiger partial charge in [-0.05, 0) is 87.3 Å². The van der Waals surface area contributed by atoms with Gasteiger partial charge in [0.2, 0.25) is 0 Å². The van der Waals surface area contributed by atoms with Gasteiger partial charge in [-0.25, -0.2) is 9.97 Å². The molecule has 1 aliphatic rings. The van der Waals surface area contributed by atoms with Crippen LogP contribution in [0.2, 0.25) is 0 Å². The Morgan fingerprint density at radius 3 is 1.79 bits per heavy atom. The van der Waals surface area contributed by atoms with Gasteiger partial charge in [-0.1, -0.05) is 170 Å². The van der Waals surface area contributed by atoms with E-state index < -0.39 is 0 Å². The molecule has 2 heterocycles. The maximum absolute atomic E-state index is 5.31. The minimum Gasteiger partial charge on any atom is -0.228 e. The highest BCUT2D eigenvalue weighted by molar-refractivity contribution is 7.25. The zero-order chi connectivity index (χ0) is 37.9. The zero-order valence-corrected chi connectivity index (χ0v) is 32.2. The van der Waals surface area contributed by atoms with E-state index in [1.165, 1.54) is 59.1 Å². The second-order valence-corrected chi connectivity index (χ2v) is 16.1. The van der Waals surface area contributed by atoms with Crippen LogP contribution < -0.4 is 0 Å². The van der Waals surface area contributed by atoms with Crippen LogP contribution in [0, 0.1) is 0 Å². The van der Waals surface area contributed by atoms with Gasteiger partial charge in [0, 0.05) is 42.3 Å². The number of aromatic nitrogens is 2. The van der Waals surface area contributed by atoms with Gasteiger partial charge in [0.05, 0.1) is 11.4 Å². The minimum atomic E-state index is -0.295. The smallest absolute Gasteiger partial charge is 0.160 e. The van der Waals surface area contributed by atoms with Gasteiger partial charge in [0.25, 0.3) is 0 Å². The number of nitrogens with zero attached hydrogens (tertiary/aromatic N) is 2. The van der Waals surface area contributed by atoms with Crippen LogP contribution in [0.3, 0.4) is 0 Å². The van der Waals surface area contributed by atoms with Crippen molar-refractivity contribution in [3.8, 4) is 67.3 Å².